The fourth-order valence-electron chi connectivity index (χ4n) is 3.59. The number of amides is 2. The zero-order valence-corrected chi connectivity index (χ0v) is 14.6. The third-order valence-corrected chi connectivity index (χ3v) is 4.66. The summed E-state index contributed by atoms with van der Waals surface area (Å²) in [5.41, 5.74) is 9.36. The van der Waals surface area contributed by atoms with Crippen LogP contribution in [0.15, 0.2) is 47.0 Å². The van der Waals surface area contributed by atoms with E-state index in [-0.39, 0.29) is 34.0 Å². The molecule has 9 heteroatoms. The van der Waals surface area contributed by atoms with E-state index in [9.17, 15) is 19.6 Å². The highest BCUT2D eigenvalue weighted by Crippen LogP contribution is 2.53. The molecule has 9 nitrogen and oxygen atoms in total. The summed E-state index contributed by atoms with van der Waals surface area (Å²) >= 11 is 0. The molecule has 2 heterocycles. The van der Waals surface area contributed by atoms with E-state index in [1.165, 1.54) is 6.92 Å². The van der Waals surface area contributed by atoms with Gasteiger partial charge < -0.3 is 25.8 Å². The first kappa shape index (κ1) is 18.0. The number of carbonyl (C=O) groups excluding carboxylic acids is 3. The van der Waals surface area contributed by atoms with Crippen LogP contribution in [0.1, 0.15) is 12.5 Å². The van der Waals surface area contributed by atoms with E-state index in [1.54, 1.807) is 24.3 Å². The van der Waals surface area contributed by atoms with E-state index in [4.69, 9.17) is 20.9 Å². The summed E-state index contributed by atoms with van der Waals surface area (Å²) in [7, 11) is 1.15. The molecule has 1 aromatic carbocycles. The van der Waals surface area contributed by atoms with E-state index in [0.717, 1.165) is 12.0 Å². The van der Waals surface area contributed by atoms with Crippen molar-refractivity contribution < 1.29 is 23.9 Å². The Hall–Kier alpha value is -3.80. The fraction of sp³-hybridized carbons (Fsp3) is 0.222. The van der Waals surface area contributed by atoms with E-state index in [0.29, 0.717) is 0 Å². The van der Waals surface area contributed by atoms with Crippen LogP contribution in [0.5, 0.6) is 5.75 Å². The molecule has 0 bridgehead atoms. The number of allylic oxidation sites excluding steroid dienone is 1. The zero-order chi connectivity index (χ0) is 19.9. The third kappa shape index (κ3) is 2.27. The second-order valence-corrected chi connectivity index (χ2v) is 6.01. The number of benzene rings is 1. The molecule has 0 saturated carbocycles. The number of methoxy groups -OCH3 is 1. The molecule has 2 aliphatic heterocycles. The number of ether oxygens (including phenoxy) is 2. The molecule has 1 atom stereocenters. The average molecular weight is 368 g/mol. The number of nitrogens with two attached hydrogens (primary N) is 2. The lowest BCUT2D eigenvalue weighted by molar-refractivity contribution is -0.139. The topological polar surface area (TPSA) is 149 Å². The first-order valence-corrected chi connectivity index (χ1v) is 7.88. The second kappa shape index (κ2) is 6.17. The maximum atomic E-state index is 13.5. The Morgan fingerprint density at radius 2 is 2.04 bits per heavy atom. The van der Waals surface area contributed by atoms with Crippen molar-refractivity contribution >= 4 is 17.8 Å². The van der Waals surface area contributed by atoms with E-state index in [1.807, 2.05) is 6.07 Å². The zero-order valence-electron chi connectivity index (χ0n) is 14.6. The van der Waals surface area contributed by atoms with E-state index >= 15 is 0 Å². The number of fused-ring (bicyclic) bond motifs is 2. The summed E-state index contributed by atoms with van der Waals surface area (Å²) in [6, 6.07) is 8.30. The maximum absolute atomic E-state index is 13.5. The standard InChI is InChI=1S/C18H16N4O5/c1-9-14(16(24)26-2)18(17(25)22(9)8-13(20)23)10-5-3-4-6-12(10)27-15(21)11(18)7-19/h3-6H,8,21H2,1-2H3,(H2,20,23). The van der Waals surface area contributed by atoms with Gasteiger partial charge in [-0.25, -0.2) is 4.79 Å². The van der Waals surface area contributed by atoms with Gasteiger partial charge in [0.25, 0.3) is 0 Å². The van der Waals surface area contributed by atoms with Gasteiger partial charge >= 0.3 is 5.97 Å². The van der Waals surface area contributed by atoms with Crippen molar-refractivity contribution in [1.29, 1.82) is 5.26 Å². The number of primary amides is 1. The number of nitriles is 1. The van der Waals surface area contributed by atoms with Gasteiger partial charge in [0.15, 0.2) is 5.41 Å². The Balaban J connectivity index is 2.44. The summed E-state index contributed by atoms with van der Waals surface area (Å²) in [5.74, 6) is -2.39. The lowest BCUT2D eigenvalue weighted by Crippen LogP contribution is -2.48. The number of para-hydroxylation sites is 1. The molecule has 0 saturated heterocycles. The van der Waals surface area contributed by atoms with Gasteiger partial charge in [0, 0.05) is 11.3 Å². The van der Waals surface area contributed by atoms with E-state index in [2.05, 4.69) is 0 Å². The minimum Gasteiger partial charge on any atom is -0.466 e. The highest BCUT2D eigenvalue weighted by atomic mass is 16.5. The molecule has 1 aromatic rings. The minimum absolute atomic E-state index is 0.105. The molecule has 1 spiro atoms. The molecule has 1 unspecified atom stereocenters. The molecule has 3 rings (SSSR count). The number of carbonyl (C=O) groups is 3. The van der Waals surface area contributed by atoms with E-state index < -0.39 is 29.7 Å². The quantitative estimate of drug-likeness (QED) is 0.701. The van der Waals surface area contributed by atoms with Crippen molar-refractivity contribution in [3.8, 4) is 11.8 Å². The van der Waals surface area contributed by atoms with Crippen LogP contribution in [-0.4, -0.2) is 36.3 Å². The van der Waals surface area contributed by atoms with Crippen molar-refractivity contribution in [3.63, 3.8) is 0 Å². The van der Waals surface area contributed by atoms with Crippen LogP contribution in [0.3, 0.4) is 0 Å². The van der Waals surface area contributed by atoms with Crippen molar-refractivity contribution in [2.24, 2.45) is 11.5 Å². The lowest BCUT2D eigenvalue weighted by atomic mass is 9.68. The average Bonchev–Trinajstić information content (AvgIpc) is 2.83. The van der Waals surface area contributed by atoms with Crippen LogP contribution in [0.2, 0.25) is 0 Å². The van der Waals surface area contributed by atoms with Crippen LogP contribution in [0.4, 0.5) is 0 Å². The molecule has 2 amide bonds. The number of rotatable bonds is 3. The SMILES string of the molecule is COC(=O)C1=C(C)N(CC(N)=O)C(=O)C12C(C#N)=C(N)Oc1ccccc12. The Bertz CT molecular complexity index is 988. The monoisotopic (exact) mass is 368 g/mol. The van der Waals surface area contributed by atoms with Gasteiger partial charge in [-0.2, -0.15) is 5.26 Å². The lowest BCUT2D eigenvalue weighted by Gasteiger charge is -2.35. The van der Waals surface area contributed by atoms with Crippen LogP contribution in [0, 0.1) is 11.3 Å². The van der Waals surface area contributed by atoms with Crippen molar-refractivity contribution in [1.82, 2.24) is 4.90 Å². The van der Waals surface area contributed by atoms with Crippen LogP contribution in [0.25, 0.3) is 0 Å². The van der Waals surface area contributed by atoms with Crippen molar-refractivity contribution in [3.05, 3.63) is 52.6 Å². The number of hydrogen-bond acceptors (Lipinski definition) is 7. The van der Waals surface area contributed by atoms with Crippen LogP contribution >= 0.6 is 0 Å². The van der Waals surface area contributed by atoms with Gasteiger partial charge in [-0.3, -0.25) is 9.59 Å². The van der Waals surface area contributed by atoms with Gasteiger partial charge in [0.05, 0.1) is 12.7 Å². The molecule has 0 fully saturated rings. The Kier molecular flexibility index (Phi) is 4.12. The molecule has 0 radical (unpaired) electrons. The van der Waals surface area contributed by atoms with Gasteiger partial charge in [0.1, 0.15) is 23.9 Å². The largest absolute Gasteiger partial charge is 0.466 e. The first-order chi connectivity index (χ1) is 12.8. The van der Waals surface area contributed by atoms with Gasteiger partial charge in [-0.1, -0.05) is 18.2 Å². The fourth-order valence-corrected chi connectivity index (χ4v) is 3.59. The minimum atomic E-state index is -1.87. The first-order valence-electron chi connectivity index (χ1n) is 7.88. The Labute approximate surface area is 154 Å². The number of esters is 1. The summed E-state index contributed by atoms with van der Waals surface area (Å²) in [4.78, 5) is 38.7. The summed E-state index contributed by atoms with van der Waals surface area (Å²) in [6.07, 6.45) is 0. The normalized spacial score (nSPS) is 21.1. The Morgan fingerprint density at radius 1 is 1.37 bits per heavy atom. The summed E-state index contributed by atoms with van der Waals surface area (Å²) < 4.78 is 10.4. The number of hydrogen-bond donors (Lipinski definition) is 2. The predicted octanol–water partition coefficient (Wildman–Crippen LogP) is -0.215. The van der Waals surface area contributed by atoms with Crippen molar-refractivity contribution in [2.75, 3.05) is 13.7 Å². The predicted molar refractivity (Wildman–Crippen MR) is 91.2 cm³/mol. The van der Waals surface area contributed by atoms with Gasteiger partial charge in [0.2, 0.25) is 17.7 Å². The van der Waals surface area contributed by atoms with Gasteiger partial charge in [-0.05, 0) is 13.0 Å². The van der Waals surface area contributed by atoms with Gasteiger partial charge in [-0.15, -0.1) is 0 Å². The summed E-state index contributed by atoms with van der Waals surface area (Å²) in [5, 5.41) is 9.75. The molecule has 138 valence electrons. The number of nitrogens with zero attached hydrogens (tertiary/aromatic N) is 2. The summed E-state index contributed by atoms with van der Waals surface area (Å²) in [6.45, 7) is 1.01. The van der Waals surface area contributed by atoms with Crippen LogP contribution < -0.4 is 16.2 Å². The van der Waals surface area contributed by atoms with Crippen LogP contribution in [-0.2, 0) is 24.5 Å². The molecular weight excluding hydrogens is 352 g/mol. The highest BCUT2D eigenvalue weighted by molar-refractivity contribution is 6.13. The molecular formula is C18H16N4O5. The van der Waals surface area contributed by atoms with Crippen molar-refractivity contribution in [2.45, 2.75) is 12.3 Å². The molecule has 0 aromatic heterocycles. The molecule has 4 N–H and O–H groups in total. The second-order valence-electron chi connectivity index (χ2n) is 6.01. The Morgan fingerprint density at radius 3 is 2.63 bits per heavy atom. The maximum Gasteiger partial charge on any atom is 0.337 e. The highest BCUT2D eigenvalue weighted by Gasteiger charge is 2.62. The molecule has 0 aliphatic carbocycles. The third-order valence-electron chi connectivity index (χ3n) is 4.66. The smallest absolute Gasteiger partial charge is 0.337 e. The molecule has 2 aliphatic rings. The molecule has 27 heavy (non-hydrogen) atoms.